The van der Waals surface area contributed by atoms with Crippen LogP contribution in [0.25, 0.3) is 0 Å². The fourth-order valence-corrected chi connectivity index (χ4v) is 1.88. The molecule has 3 nitrogen and oxygen atoms in total. The van der Waals surface area contributed by atoms with Crippen LogP contribution in [0, 0.1) is 11.3 Å². The van der Waals surface area contributed by atoms with Crippen LogP contribution < -0.4 is 5.32 Å². The van der Waals surface area contributed by atoms with Gasteiger partial charge in [-0.2, -0.15) is 5.26 Å². The topological polar surface area (TPSA) is 51.6 Å². The van der Waals surface area contributed by atoms with Gasteiger partial charge in [-0.05, 0) is 19.4 Å². The number of piperidine rings is 1. The predicted octanol–water partition coefficient (Wildman–Crippen LogP) is 1.70. The minimum atomic E-state index is 0.384. The first-order valence-electron chi connectivity index (χ1n) is 4.72. The van der Waals surface area contributed by atoms with Gasteiger partial charge in [0.25, 0.3) is 0 Å². The molecule has 1 aliphatic heterocycles. The molecule has 0 radical (unpaired) electrons. The van der Waals surface area contributed by atoms with Gasteiger partial charge in [-0.3, -0.25) is 0 Å². The molecule has 0 spiro atoms. The highest BCUT2D eigenvalue weighted by Gasteiger charge is 2.17. The molecule has 0 bridgehead atoms. The zero-order chi connectivity index (χ0) is 9.10. The predicted molar refractivity (Wildman–Crippen MR) is 50.1 cm³/mol. The summed E-state index contributed by atoms with van der Waals surface area (Å²) >= 11 is 0. The standard InChI is InChI=1S/C10H13N3/c11-5-8-6-12-7-9(8)10-3-1-2-4-13-10/h6-7,10,12-13H,1-4H2. The van der Waals surface area contributed by atoms with E-state index in [4.69, 9.17) is 5.26 Å². The monoisotopic (exact) mass is 175 g/mol. The third kappa shape index (κ3) is 1.58. The molecule has 2 heterocycles. The molecule has 0 amide bonds. The molecule has 3 heteroatoms. The smallest absolute Gasteiger partial charge is 0.101 e. The Morgan fingerprint density at radius 3 is 3.00 bits per heavy atom. The molecule has 0 aliphatic carbocycles. The van der Waals surface area contributed by atoms with Crippen LogP contribution >= 0.6 is 0 Å². The molecule has 1 fully saturated rings. The Bertz CT molecular complexity index is 315. The van der Waals surface area contributed by atoms with Gasteiger partial charge < -0.3 is 10.3 Å². The molecule has 1 saturated heterocycles. The summed E-state index contributed by atoms with van der Waals surface area (Å²) in [6.07, 6.45) is 7.36. The van der Waals surface area contributed by atoms with Gasteiger partial charge in [0.15, 0.2) is 0 Å². The average molecular weight is 175 g/mol. The Morgan fingerprint density at radius 1 is 1.38 bits per heavy atom. The highest BCUT2D eigenvalue weighted by molar-refractivity contribution is 5.37. The molecular formula is C10H13N3. The summed E-state index contributed by atoms with van der Waals surface area (Å²) in [5, 5.41) is 12.3. The molecule has 68 valence electrons. The van der Waals surface area contributed by atoms with E-state index in [2.05, 4.69) is 16.4 Å². The molecule has 1 aromatic heterocycles. The van der Waals surface area contributed by atoms with Crippen molar-refractivity contribution in [3.63, 3.8) is 0 Å². The second-order valence-electron chi connectivity index (χ2n) is 3.44. The summed E-state index contributed by atoms with van der Waals surface area (Å²) in [5.74, 6) is 0. The Labute approximate surface area is 77.8 Å². The van der Waals surface area contributed by atoms with Crippen molar-refractivity contribution >= 4 is 0 Å². The molecule has 0 saturated carbocycles. The van der Waals surface area contributed by atoms with Gasteiger partial charge in [-0.25, -0.2) is 0 Å². The number of nitrogens with one attached hydrogen (secondary N) is 2. The molecule has 1 aromatic rings. The number of nitriles is 1. The summed E-state index contributed by atoms with van der Waals surface area (Å²) in [6.45, 7) is 1.07. The summed E-state index contributed by atoms with van der Waals surface area (Å²) in [4.78, 5) is 2.98. The van der Waals surface area contributed by atoms with Crippen molar-refractivity contribution in [2.75, 3.05) is 6.54 Å². The van der Waals surface area contributed by atoms with Crippen molar-refractivity contribution in [3.8, 4) is 6.07 Å². The lowest BCUT2D eigenvalue weighted by Crippen LogP contribution is -2.26. The average Bonchev–Trinajstić information content (AvgIpc) is 2.67. The fourth-order valence-electron chi connectivity index (χ4n) is 1.88. The van der Waals surface area contributed by atoms with E-state index >= 15 is 0 Å². The Kier molecular flexibility index (Phi) is 2.33. The third-order valence-electron chi connectivity index (χ3n) is 2.58. The molecule has 1 unspecified atom stereocenters. The number of aromatic nitrogens is 1. The first-order chi connectivity index (χ1) is 6.42. The van der Waals surface area contributed by atoms with Gasteiger partial charge in [0.05, 0.1) is 5.56 Å². The highest BCUT2D eigenvalue weighted by atomic mass is 14.9. The Morgan fingerprint density at radius 2 is 2.31 bits per heavy atom. The van der Waals surface area contributed by atoms with Gasteiger partial charge in [0.2, 0.25) is 0 Å². The number of hydrogen-bond donors (Lipinski definition) is 2. The first kappa shape index (κ1) is 8.33. The fraction of sp³-hybridized carbons (Fsp3) is 0.500. The third-order valence-corrected chi connectivity index (χ3v) is 2.58. The van der Waals surface area contributed by atoms with E-state index in [1.807, 2.05) is 6.20 Å². The molecule has 13 heavy (non-hydrogen) atoms. The number of aromatic amines is 1. The van der Waals surface area contributed by atoms with E-state index in [-0.39, 0.29) is 0 Å². The maximum absolute atomic E-state index is 8.84. The molecule has 2 N–H and O–H groups in total. The minimum absolute atomic E-state index is 0.384. The van der Waals surface area contributed by atoms with Crippen molar-refractivity contribution in [1.82, 2.24) is 10.3 Å². The molecule has 0 aromatic carbocycles. The van der Waals surface area contributed by atoms with Crippen LogP contribution in [-0.2, 0) is 0 Å². The number of hydrogen-bond acceptors (Lipinski definition) is 2. The van der Waals surface area contributed by atoms with E-state index in [1.165, 1.54) is 12.8 Å². The largest absolute Gasteiger partial charge is 0.366 e. The van der Waals surface area contributed by atoms with Crippen molar-refractivity contribution < 1.29 is 0 Å². The second-order valence-corrected chi connectivity index (χ2v) is 3.44. The Hall–Kier alpha value is -1.27. The van der Waals surface area contributed by atoms with Gasteiger partial charge in [0, 0.05) is 24.0 Å². The molecule has 1 aliphatic rings. The summed E-state index contributed by atoms with van der Waals surface area (Å²) in [7, 11) is 0. The van der Waals surface area contributed by atoms with Crippen LogP contribution in [0.2, 0.25) is 0 Å². The first-order valence-corrected chi connectivity index (χ1v) is 4.72. The van der Waals surface area contributed by atoms with Crippen LogP contribution in [0.3, 0.4) is 0 Å². The van der Waals surface area contributed by atoms with Crippen LogP contribution in [0.1, 0.15) is 36.4 Å². The quantitative estimate of drug-likeness (QED) is 0.682. The number of rotatable bonds is 1. The van der Waals surface area contributed by atoms with Crippen molar-refractivity contribution in [2.24, 2.45) is 0 Å². The SMILES string of the molecule is N#Cc1c[nH]cc1C1CCCCN1. The van der Waals surface area contributed by atoms with Crippen LogP contribution in [0.4, 0.5) is 0 Å². The normalized spacial score (nSPS) is 22.5. The van der Waals surface area contributed by atoms with Gasteiger partial charge in [0.1, 0.15) is 6.07 Å². The van der Waals surface area contributed by atoms with Crippen LogP contribution in [0.5, 0.6) is 0 Å². The van der Waals surface area contributed by atoms with Crippen molar-refractivity contribution in [1.29, 1.82) is 5.26 Å². The van der Waals surface area contributed by atoms with Crippen molar-refractivity contribution in [3.05, 3.63) is 23.5 Å². The lowest BCUT2D eigenvalue weighted by atomic mass is 9.97. The minimum Gasteiger partial charge on any atom is -0.366 e. The van der Waals surface area contributed by atoms with Crippen molar-refractivity contribution in [2.45, 2.75) is 25.3 Å². The highest BCUT2D eigenvalue weighted by Crippen LogP contribution is 2.24. The zero-order valence-corrected chi connectivity index (χ0v) is 7.51. The maximum atomic E-state index is 8.84. The number of nitrogens with zero attached hydrogens (tertiary/aromatic N) is 1. The lowest BCUT2D eigenvalue weighted by Gasteiger charge is -2.22. The van der Waals surface area contributed by atoms with Crippen LogP contribution in [-0.4, -0.2) is 11.5 Å². The second kappa shape index (κ2) is 3.63. The van der Waals surface area contributed by atoms with Crippen LogP contribution in [0.15, 0.2) is 12.4 Å². The Balaban J connectivity index is 2.19. The van der Waals surface area contributed by atoms with Gasteiger partial charge in [-0.1, -0.05) is 6.42 Å². The van der Waals surface area contributed by atoms with E-state index < -0.39 is 0 Å². The summed E-state index contributed by atoms with van der Waals surface area (Å²) < 4.78 is 0. The molecular weight excluding hydrogens is 162 g/mol. The zero-order valence-electron chi connectivity index (χ0n) is 7.51. The molecule has 2 rings (SSSR count). The van der Waals surface area contributed by atoms with E-state index in [0.717, 1.165) is 24.1 Å². The van der Waals surface area contributed by atoms with E-state index in [9.17, 15) is 0 Å². The van der Waals surface area contributed by atoms with Gasteiger partial charge >= 0.3 is 0 Å². The number of H-pyrrole nitrogens is 1. The lowest BCUT2D eigenvalue weighted by molar-refractivity contribution is 0.412. The summed E-state index contributed by atoms with van der Waals surface area (Å²) in [6, 6.07) is 2.59. The van der Waals surface area contributed by atoms with Gasteiger partial charge in [-0.15, -0.1) is 0 Å². The molecule has 1 atom stereocenters. The summed E-state index contributed by atoms with van der Waals surface area (Å²) in [5.41, 5.74) is 1.90. The van der Waals surface area contributed by atoms with E-state index in [1.54, 1.807) is 6.20 Å². The maximum Gasteiger partial charge on any atom is 0.101 e. The van der Waals surface area contributed by atoms with E-state index in [0.29, 0.717) is 6.04 Å².